The topological polar surface area (TPSA) is 51.6 Å². The van der Waals surface area contributed by atoms with Gasteiger partial charge in [0, 0.05) is 16.0 Å². The molecule has 0 amide bonds. The number of hydrogen-bond acceptors (Lipinski definition) is 5. The monoisotopic (exact) mass is 927 g/mol. The van der Waals surface area contributed by atoms with Crippen molar-refractivity contribution in [2.45, 2.75) is 225 Å². The summed E-state index contributed by atoms with van der Waals surface area (Å²) >= 11 is 1.98. The maximum absolute atomic E-state index is 4.53. The number of nitrogens with zero attached hydrogens (tertiary/aromatic N) is 4. The van der Waals surface area contributed by atoms with Crippen LogP contribution in [-0.2, 0) is 0 Å². The van der Waals surface area contributed by atoms with Gasteiger partial charge in [0.05, 0.1) is 28.5 Å². The minimum atomic E-state index is 0.465. The van der Waals surface area contributed by atoms with E-state index in [2.05, 4.69) is 246 Å². The lowest BCUT2D eigenvalue weighted by Gasteiger charge is -2.15. The molecule has 5 heteroatoms. The highest BCUT2D eigenvalue weighted by molar-refractivity contribution is 7.12. The van der Waals surface area contributed by atoms with Crippen molar-refractivity contribution in [3.8, 4) is 0 Å². The Labute approximate surface area is 415 Å². The fraction of sp³-hybridized carbons (Fsp3) is 0.548. The Morgan fingerprint density at radius 3 is 1.22 bits per heavy atom. The van der Waals surface area contributed by atoms with Crippen molar-refractivity contribution in [2.75, 3.05) is 0 Å². The highest BCUT2D eigenvalue weighted by Crippen LogP contribution is 2.33. The second-order valence-electron chi connectivity index (χ2n) is 21.8. The fourth-order valence-corrected chi connectivity index (χ4v) is 9.34. The first kappa shape index (κ1) is 58.9. The zero-order valence-electron chi connectivity index (χ0n) is 46.9. The molecule has 0 saturated carbocycles. The van der Waals surface area contributed by atoms with Crippen molar-refractivity contribution in [1.82, 2.24) is 20.2 Å². The minimum absolute atomic E-state index is 0.465. The Hall–Kier alpha value is -4.22. The molecule has 3 aromatic carbocycles. The second kappa shape index (κ2) is 27.7. The Kier molecular flexibility index (Phi) is 24.3. The van der Waals surface area contributed by atoms with E-state index in [9.17, 15) is 0 Å². The van der Waals surface area contributed by atoms with Crippen LogP contribution in [-0.4, -0.2) is 20.2 Å². The van der Waals surface area contributed by atoms with Gasteiger partial charge in [-0.3, -0.25) is 9.97 Å². The van der Waals surface area contributed by atoms with E-state index < -0.39 is 0 Å². The molecule has 0 spiro atoms. The molecule has 0 N–H and O–H groups in total. The van der Waals surface area contributed by atoms with Gasteiger partial charge in [-0.05, 0) is 149 Å². The Balaban J connectivity index is 0.000000289. The van der Waals surface area contributed by atoms with Crippen molar-refractivity contribution in [3.63, 3.8) is 0 Å². The summed E-state index contributed by atoms with van der Waals surface area (Å²) < 4.78 is 0. The van der Waals surface area contributed by atoms with Crippen LogP contribution in [0.3, 0.4) is 0 Å². The van der Waals surface area contributed by atoms with Crippen molar-refractivity contribution in [3.05, 3.63) is 150 Å². The molecular formula is C62H94N4S. The van der Waals surface area contributed by atoms with E-state index in [1.165, 1.54) is 54.6 Å². The fourth-order valence-electron chi connectivity index (χ4n) is 8.16. The lowest BCUT2D eigenvalue weighted by molar-refractivity contribution is 0.724. The van der Waals surface area contributed by atoms with Crippen LogP contribution in [0, 0.1) is 27.7 Å². The average molecular weight is 928 g/mol. The molecule has 3 heterocycles. The van der Waals surface area contributed by atoms with Crippen molar-refractivity contribution >= 4 is 22.1 Å². The summed E-state index contributed by atoms with van der Waals surface area (Å²) in [5.41, 5.74) is 15.5. The molecule has 0 bridgehead atoms. The van der Waals surface area contributed by atoms with Crippen LogP contribution in [0.1, 0.15) is 275 Å². The van der Waals surface area contributed by atoms with Crippen LogP contribution < -0.4 is 0 Å². The zero-order valence-corrected chi connectivity index (χ0v) is 47.7. The summed E-state index contributed by atoms with van der Waals surface area (Å²) in [5.74, 6) is 5.68. The molecule has 0 atom stereocenters. The van der Waals surface area contributed by atoms with E-state index in [1.807, 2.05) is 24.5 Å². The summed E-state index contributed by atoms with van der Waals surface area (Å²) in [6.07, 6.45) is 1.90. The van der Waals surface area contributed by atoms with Gasteiger partial charge in [0.2, 0.25) is 0 Å². The van der Waals surface area contributed by atoms with Gasteiger partial charge < -0.3 is 0 Å². The number of aryl methyl sites for hydroxylation is 4. The van der Waals surface area contributed by atoms with Crippen LogP contribution >= 0.6 is 11.3 Å². The van der Waals surface area contributed by atoms with Crippen LogP contribution in [0.25, 0.3) is 10.8 Å². The van der Waals surface area contributed by atoms with E-state index in [0.717, 1.165) is 28.5 Å². The third-order valence-corrected chi connectivity index (χ3v) is 14.0. The molecule has 0 saturated heterocycles. The normalized spacial score (nSPS) is 11.4. The van der Waals surface area contributed by atoms with Crippen molar-refractivity contribution in [1.29, 1.82) is 0 Å². The highest BCUT2D eigenvalue weighted by Gasteiger charge is 2.13. The molecule has 0 fully saturated rings. The first-order valence-electron chi connectivity index (χ1n) is 25.6. The lowest BCUT2D eigenvalue weighted by atomic mass is 9.89. The van der Waals surface area contributed by atoms with Gasteiger partial charge in [0.15, 0.2) is 0 Å². The van der Waals surface area contributed by atoms with Crippen LogP contribution in [0.2, 0.25) is 0 Å². The second-order valence-corrected chi connectivity index (χ2v) is 22.9. The molecule has 6 rings (SSSR count). The Morgan fingerprint density at radius 2 is 0.881 bits per heavy atom. The SMILES string of the molecule is CC(C)c1ccc(C(C)C)c2ccccc12.Cc1cc(C(C)C)ccc1C(C)C.Cc1cc(C(C)C)nnc1C(C)C.Cc1cc(C(C)C)sc1C(C)C.Cc1nc(C(C)C)cnc1C(C)C. The maximum atomic E-state index is 4.53. The first-order chi connectivity index (χ1) is 31.2. The molecule has 67 heavy (non-hydrogen) atoms. The predicted octanol–water partition coefficient (Wildman–Crippen LogP) is 19.7. The molecular weight excluding hydrogens is 833 g/mol. The summed E-state index contributed by atoms with van der Waals surface area (Å²) in [6.45, 7) is 52.8. The number of fused-ring (bicyclic) bond motifs is 1. The number of rotatable bonds is 10. The van der Waals surface area contributed by atoms with E-state index in [4.69, 9.17) is 0 Å². The third kappa shape index (κ3) is 18.0. The van der Waals surface area contributed by atoms with Crippen molar-refractivity contribution in [2.24, 2.45) is 0 Å². The summed E-state index contributed by atoms with van der Waals surface area (Å²) in [7, 11) is 0. The van der Waals surface area contributed by atoms with Gasteiger partial charge in [-0.25, -0.2) is 0 Å². The summed E-state index contributed by atoms with van der Waals surface area (Å²) in [5, 5.41) is 11.3. The van der Waals surface area contributed by atoms with Gasteiger partial charge in [-0.1, -0.05) is 193 Å². The molecule has 3 aromatic heterocycles. The van der Waals surface area contributed by atoms with Crippen LogP contribution in [0.4, 0.5) is 0 Å². The average Bonchev–Trinajstić information content (AvgIpc) is 3.65. The van der Waals surface area contributed by atoms with E-state index in [1.54, 1.807) is 4.88 Å². The first-order valence-corrected chi connectivity index (χ1v) is 26.4. The van der Waals surface area contributed by atoms with E-state index in [-0.39, 0.29) is 0 Å². The van der Waals surface area contributed by atoms with Gasteiger partial charge in [-0.2, -0.15) is 10.2 Å². The van der Waals surface area contributed by atoms with Crippen LogP contribution in [0.5, 0.6) is 0 Å². The molecule has 0 unspecified atom stereocenters. The van der Waals surface area contributed by atoms with E-state index in [0.29, 0.717) is 59.2 Å². The van der Waals surface area contributed by atoms with Gasteiger partial charge >= 0.3 is 0 Å². The van der Waals surface area contributed by atoms with Gasteiger partial charge in [-0.15, -0.1) is 11.3 Å². The molecule has 368 valence electrons. The predicted molar refractivity (Wildman–Crippen MR) is 299 cm³/mol. The number of thiophene rings is 1. The van der Waals surface area contributed by atoms with Crippen LogP contribution in [0.15, 0.2) is 72.9 Å². The molecule has 0 radical (unpaired) electrons. The maximum Gasteiger partial charge on any atom is 0.0685 e. The standard InChI is InChI=1S/C16H20.C13H20.2C11H18N2.C11H18S/c1-11(2)13-9-10-14(12(3)4)16-8-6-5-7-15(13)16;1-9(2)12-6-7-13(10(3)4)11(5)8-12;1-7(2)10-6-12-11(8(3)4)9(5)13-10;1-7(2)10-6-9(5)11(8(3)4)13-12-10;1-7(2)10-6-9(5)11(12-10)8(3)4/h5-12H,1-4H3;6-10H,1-5H3;2*6-8H,1-5H3;6-8H,1-5H3. The summed E-state index contributed by atoms with van der Waals surface area (Å²) in [6, 6.07) is 24.7. The summed E-state index contributed by atoms with van der Waals surface area (Å²) in [4.78, 5) is 12.0. The lowest BCUT2D eigenvalue weighted by Crippen LogP contribution is -2.03. The Bertz CT molecular complexity index is 2200. The molecule has 0 aliphatic heterocycles. The largest absolute Gasteiger partial charge is 0.257 e. The van der Waals surface area contributed by atoms with E-state index >= 15 is 0 Å². The minimum Gasteiger partial charge on any atom is -0.257 e. The Morgan fingerprint density at radius 1 is 0.388 bits per heavy atom. The molecule has 0 aliphatic rings. The third-order valence-electron chi connectivity index (χ3n) is 12.2. The van der Waals surface area contributed by atoms with Crippen molar-refractivity contribution < 1.29 is 0 Å². The van der Waals surface area contributed by atoms with Gasteiger partial charge in [0.1, 0.15) is 0 Å². The zero-order chi connectivity index (χ0) is 51.0. The number of benzene rings is 3. The molecule has 6 aromatic rings. The van der Waals surface area contributed by atoms with Gasteiger partial charge in [0.25, 0.3) is 0 Å². The molecule has 0 aliphatic carbocycles. The number of hydrogen-bond donors (Lipinski definition) is 0. The quantitative estimate of drug-likeness (QED) is 0.137. The number of aromatic nitrogens is 4. The smallest absolute Gasteiger partial charge is 0.0685 e. The highest BCUT2D eigenvalue weighted by atomic mass is 32.1. The molecule has 4 nitrogen and oxygen atoms in total.